The molecule has 0 saturated heterocycles. The molecule has 0 spiro atoms. The fraction of sp³-hybridized carbons (Fsp3) is 0.273. The van der Waals surface area contributed by atoms with E-state index in [2.05, 4.69) is 0 Å². The van der Waals surface area contributed by atoms with Gasteiger partial charge in [-0.05, 0) is 18.1 Å². The zero-order chi connectivity index (χ0) is 13.2. The number of carboxylic acids is 2. The van der Waals surface area contributed by atoms with E-state index in [-0.39, 0.29) is 12.0 Å². The second-order valence-electron chi connectivity index (χ2n) is 3.65. The van der Waals surface area contributed by atoms with Crippen LogP contribution in [0.25, 0.3) is 0 Å². The van der Waals surface area contributed by atoms with Crippen molar-refractivity contribution in [3.05, 3.63) is 34.9 Å². The minimum absolute atomic E-state index is 0.151. The molecule has 0 aliphatic heterocycles. The fourth-order valence-corrected chi connectivity index (χ4v) is 1.33. The van der Waals surface area contributed by atoms with Gasteiger partial charge in [0.2, 0.25) is 0 Å². The first-order chi connectivity index (χ1) is 7.84. The highest BCUT2D eigenvalue weighted by Crippen LogP contribution is 2.19. The van der Waals surface area contributed by atoms with Crippen LogP contribution in [0.1, 0.15) is 22.8 Å². The van der Waals surface area contributed by atoms with Crippen molar-refractivity contribution in [3.63, 3.8) is 0 Å². The standard InChI is InChI=1S/C11H10F2O4/c1-5(10(14)15)4-6-2-3-7(11(16)17)9(13)8(6)12/h2-3,5H,4H2,1H3,(H,14,15)(H,16,17). The number of carbonyl (C=O) groups is 2. The summed E-state index contributed by atoms with van der Waals surface area (Å²) in [6, 6.07) is 2.01. The van der Waals surface area contributed by atoms with E-state index >= 15 is 0 Å². The summed E-state index contributed by atoms with van der Waals surface area (Å²) in [7, 11) is 0. The maximum atomic E-state index is 13.4. The maximum Gasteiger partial charge on any atom is 0.338 e. The van der Waals surface area contributed by atoms with Gasteiger partial charge in [-0.3, -0.25) is 4.79 Å². The maximum absolute atomic E-state index is 13.4. The molecule has 4 nitrogen and oxygen atoms in total. The number of benzene rings is 1. The number of aliphatic carboxylic acids is 1. The smallest absolute Gasteiger partial charge is 0.338 e. The van der Waals surface area contributed by atoms with Crippen LogP contribution in [-0.4, -0.2) is 22.2 Å². The minimum atomic E-state index is -1.57. The quantitative estimate of drug-likeness (QED) is 0.848. The molecule has 92 valence electrons. The van der Waals surface area contributed by atoms with Gasteiger partial charge in [0.05, 0.1) is 11.5 Å². The van der Waals surface area contributed by atoms with Gasteiger partial charge in [0.1, 0.15) is 0 Å². The van der Waals surface area contributed by atoms with Crippen LogP contribution < -0.4 is 0 Å². The molecule has 1 aromatic rings. The van der Waals surface area contributed by atoms with Crippen LogP contribution >= 0.6 is 0 Å². The second-order valence-corrected chi connectivity index (χ2v) is 3.65. The molecule has 0 radical (unpaired) electrons. The van der Waals surface area contributed by atoms with Crippen molar-refractivity contribution >= 4 is 11.9 Å². The van der Waals surface area contributed by atoms with Gasteiger partial charge in [0.15, 0.2) is 11.6 Å². The molecule has 0 amide bonds. The Morgan fingerprint density at radius 2 is 1.82 bits per heavy atom. The Morgan fingerprint density at radius 3 is 2.29 bits per heavy atom. The molecule has 1 unspecified atom stereocenters. The molecule has 2 N–H and O–H groups in total. The van der Waals surface area contributed by atoms with Crippen molar-refractivity contribution in [1.82, 2.24) is 0 Å². The van der Waals surface area contributed by atoms with Gasteiger partial charge >= 0.3 is 11.9 Å². The number of aromatic carboxylic acids is 1. The largest absolute Gasteiger partial charge is 0.481 e. The molecule has 0 heterocycles. The topological polar surface area (TPSA) is 74.6 Å². The zero-order valence-corrected chi connectivity index (χ0v) is 8.91. The third-order valence-electron chi connectivity index (χ3n) is 2.34. The number of carboxylic acid groups (broad SMARTS) is 2. The van der Waals surface area contributed by atoms with Crippen molar-refractivity contribution < 1.29 is 28.6 Å². The lowest BCUT2D eigenvalue weighted by molar-refractivity contribution is -0.141. The number of hydrogen-bond acceptors (Lipinski definition) is 2. The van der Waals surface area contributed by atoms with Gasteiger partial charge in [-0.25, -0.2) is 13.6 Å². The van der Waals surface area contributed by atoms with Gasteiger partial charge < -0.3 is 10.2 Å². The summed E-state index contributed by atoms with van der Waals surface area (Å²) < 4.78 is 26.7. The predicted octanol–water partition coefficient (Wildman–Crippen LogP) is 1.93. The molecule has 0 aromatic heterocycles. The van der Waals surface area contributed by atoms with E-state index in [0.29, 0.717) is 0 Å². The molecule has 17 heavy (non-hydrogen) atoms. The summed E-state index contributed by atoms with van der Waals surface area (Å²) in [5.41, 5.74) is -0.920. The molecule has 0 fully saturated rings. The summed E-state index contributed by atoms with van der Waals surface area (Å²) in [4.78, 5) is 21.1. The lowest BCUT2D eigenvalue weighted by atomic mass is 9.99. The number of hydrogen-bond donors (Lipinski definition) is 2. The third kappa shape index (κ3) is 2.77. The minimum Gasteiger partial charge on any atom is -0.481 e. The Labute approximate surface area is 95.5 Å². The van der Waals surface area contributed by atoms with Crippen molar-refractivity contribution in [3.8, 4) is 0 Å². The highest BCUT2D eigenvalue weighted by molar-refractivity contribution is 5.88. The molecule has 0 aliphatic rings. The monoisotopic (exact) mass is 244 g/mol. The molecular weight excluding hydrogens is 234 g/mol. The van der Waals surface area contributed by atoms with Crippen molar-refractivity contribution in [2.24, 2.45) is 5.92 Å². The van der Waals surface area contributed by atoms with Gasteiger partial charge in [-0.1, -0.05) is 13.0 Å². The molecule has 0 saturated carbocycles. The molecule has 0 bridgehead atoms. The van der Waals surface area contributed by atoms with E-state index in [4.69, 9.17) is 10.2 Å². The first kappa shape index (κ1) is 13.1. The summed E-state index contributed by atoms with van der Waals surface area (Å²) in [6.07, 6.45) is -0.196. The van der Waals surface area contributed by atoms with Gasteiger partial charge in [-0.15, -0.1) is 0 Å². The van der Waals surface area contributed by atoms with Crippen LogP contribution in [0.3, 0.4) is 0 Å². The average molecular weight is 244 g/mol. The van der Waals surface area contributed by atoms with Crippen molar-refractivity contribution in [2.45, 2.75) is 13.3 Å². The van der Waals surface area contributed by atoms with E-state index in [0.717, 1.165) is 12.1 Å². The van der Waals surface area contributed by atoms with Crippen LogP contribution in [0.4, 0.5) is 8.78 Å². The Bertz CT molecular complexity index is 471. The molecule has 1 rings (SSSR count). The summed E-state index contributed by atoms with van der Waals surface area (Å²) in [6.45, 7) is 1.35. The normalized spacial score (nSPS) is 12.2. The van der Waals surface area contributed by atoms with Gasteiger partial charge in [-0.2, -0.15) is 0 Å². The lowest BCUT2D eigenvalue weighted by Gasteiger charge is -2.08. The SMILES string of the molecule is CC(Cc1ccc(C(=O)O)c(F)c1F)C(=O)O. The highest BCUT2D eigenvalue weighted by atomic mass is 19.2. The van der Waals surface area contributed by atoms with E-state index in [1.807, 2.05) is 0 Å². The summed E-state index contributed by atoms with van der Waals surface area (Å²) in [5.74, 6) is -6.35. The van der Waals surface area contributed by atoms with E-state index in [1.54, 1.807) is 0 Å². The van der Waals surface area contributed by atoms with Crippen LogP contribution in [0.15, 0.2) is 12.1 Å². The first-order valence-electron chi connectivity index (χ1n) is 4.77. The molecular formula is C11H10F2O4. The average Bonchev–Trinajstić information content (AvgIpc) is 2.24. The predicted molar refractivity (Wildman–Crippen MR) is 53.8 cm³/mol. The Morgan fingerprint density at radius 1 is 1.24 bits per heavy atom. The number of halogens is 2. The molecule has 0 aliphatic carbocycles. The van der Waals surface area contributed by atoms with Crippen LogP contribution in [0, 0.1) is 17.6 Å². The summed E-state index contributed by atoms with van der Waals surface area (Å²) >= 11 is 0. The Hall–Kier alpha value is -1.98. The lowest BCUT2D eigenvalue weighted by Crippen LogP contribution is -2.14. The third-order valence-corrected chi connectivity index (χ3v) is 2.34. The van der Waals surface area contributed by atoms with Crippen LogP contribution in [-0.2, 0) is 11.2 Å². The van der Waals surface area contributed by atoms with Gasteiger partial charge in [0, 0.05) is 0 Å². The first-order valence-corrected chi connectivity index (χ1v) is 4.77. The van der Waals surface area contributed by atoms with Crippen LogP contribution in [0.2, 0.25) is 0 Å². The Balaban J connectivity index is 3.09. The van der Waals surface area contributed by atoms with Gasteiger partial charge in [0.25, 0.3) is 0 Å². The molecule has 6 heteroatoms. The van der Waals surface area contributed by atoms with E-state index < -0.39 is 35.1 Å². The van der Waals surface area contributed by atoms with Crippen molar-refractivity contribution in [2.75, 3.05) is 0 Å². The second kappa shape index (κ2) is 4.90. The van der Waals surface area contributed by atoms with E-state index in [9.17, 15) is 18.4 Å². The summed E-state index contributed by atoms with van der Waals surface area (Å²) in [5, 5.41) is 17.2. The van der Waals surface area contributed by atoms with Crippen LogP contribution in [0.5, 0.6) is 0 Å². The zero-order valence-electron chi connectivity index (χ0n) is 8.91. The Kier molecular flexibility index (Phi) is 3.77. The molecule has 1 atom stereocenters. The fourth-order valence-electron chi connectivity index (χ4n) is 1.33. The highest BCUT2D eigenvalue weighted by Gasteiger charge is 2.20. The molecule has 1 aromatic carbocycles. The number of rotatable bonds is 4. The van der Waals surface area contributed by atoms with E-state index in [1.165, 1.54) is 6.92 Å². The van der Waals surface area contributed by atoms with Crippen molar-refractivity contribution in [1.29, 1.82) is 0 Å².